The molecule has 0 aliphatic carbocycles. The maximum Gasteiger partial charge on any atom is 0.222 e. The van der Waals surface area contributed by atoms with Gasteiger partial charge in [-0.1, -0.05) is 12.1 Å². The Bertz CT molecular complexity index is 720. The van der Waals surface area contributed by atoms with Crippen LogP contribution in [0.3, 0.4) is 0 Å². The van der Waals surface area contributed by atoms with Gasteiger partial charge in [0.1, 0.15) is 17.3 Å². The molecular formula is C14H14N4O. The lowest BCUT2D eigenvalue weighted by atomic mass is 10.2. The maximum absolute atomic E-state index is 5.71. The number of nitrogens with two attached hydrogens (primary N) is 1. The first-order chi connectivity index (χ1) is 9.22. The highest BCUT2D eigenvalue weighted by atomic mass is 16.3. The van der Waals surface area contributed by atoms with Crippen molar-refractivity contribution in [2.45, 2.75) is 13.5 Å². The largest absolute Gasteiger partial charge is 0.465 e. The highest BCUT2D eigenvalue weighted by molar-refractivity contribution is 5.89. The minimum atomic E-state index is 0.261. The van der Waals surface area contributed by atoms with Crippen molar-refractivity contribution in [3.8, 4) is 0 Å². The molecule has 5 nitrogen and oxygen atoms in total. The smallest absolute Gasteiger partial charge is 0.222 e. The average Bonchev–Trinajstić information content (AvgIpc) is 2.81. The Morgan fingerprint density at radius 2 is 2.00 bits per heavy atom. The topological polar surface area (TPSA) is 77.0 Å². The molecule has 96 valence electrons. The molecule has 19 heavy (non-hydrogen) atoms. The molecular weight excluding hydrogens is 240 g/mol. The second-order valence-corrected chi connectivity index (χ2v) is 4.31. The van der Waals surface area contributed by atoms with E-state index in [-0.39, 0.29) is 5.95 Å². The molecule has 0 aliphatic rings. The molecule has 0 spiro atoms. The predicted molar refractivity (Wildman–Crippen MR) is 74.7 cm³/mol. The monoisotopic (exact) mass is 254 g/mol. The van der Waals surface area contributed by atoms with Crippen LogP contribution in [0, 0.1) is 6.92 Å². The molecule has 3 rings (SSSR count). The molecule has 0 amide bonds. The van der Waals surface area contributed by atoms with E-state index in [1.54, 1.807) is 0 Å². The third kappa shape index (κ3) is 2.35. The summed E-state index contributed by atoms with van der Waals surface area (Å²) in [6.07, 6.45) is 0. The lowest BCUT2D eigenvalue weighted by molar-refractivity contribution is 0.490. The van der Waals surface area contributed by atoms with E-state index in [0.717, 1.165) is 28.2 Å². The van der Waals surface area contributed by atoms with Gasteiger partial charge in [-0.2, -0.15) is 4.98 Å². The standard InChI is InChI=1S/C14H14N4O/c1-9-6-7-10(19-9)8-16-13-11-4-2-3-5-12(11)17-14(15)18-13/h2-7H,8H2,1H3,(H3,15,16,17,18). The van der Waals surface area contributed by atoms with Crippen molar-refractivity contribution < 1.29 is 4.42 Å². The summed E-state index contributed by atoms with van der Waals surface area (Å²) in [7, 11) is 0. The van der Waals surface area contributed by atoms with Crippen LogP contribution in [-0.4, -0.2) is 9.97 Å². The molecule has 0 fully saturated rings. The fourth-order valence-electron chi connectivity index (χ4n) is 1.98. The Balaban J connectivity index is 1.91. The Morgan fingerprint density at radius 1 is 1.16 bits per heavy atom. The van der Waals surface area contributed by atoms with Crippen LogP contribution in [0.4, 0.5) is 11.8 Å². The molecule has 1 aromatic carbocycles. The number of rotatable bonds is 3. The molecule has 0 atom stereocenters. The normalized spacial score (nSPS) is 10.8. The lowest BCUT2D eigenvalue weighted by Gasteiger charge is -2.08. The van der Waals surface area contributed by atoms with Crippen molar-refractivity contribution in [2.75, 3.05) is 11.1 Å². The lowest BCUT2D eigenvalue weighted by Crippen LogP contribution is -2.04. The number of nitrogens with one attached hydrogen (secondary N) is 1. The summed E-state index contributed by atoms with van der Waals surface area (Å²) >= 11 is 0. The van der Waals surface area contributed by atoms with Gasteiger partial charge in [0.25, 0.3) is 0 Å². The number of benzene rings is 1. The van der Waals surface area contributed by atoms with E-state index in [4.69, 9.17) is 10.2 Å². The number of furan rings is 1. The molecule has 0 bridgehead atoms. The number of para-hydroxylation sites is 1. The number of nitrogens with zero attached hydrogens (tertiary/aromatic N) is 2. The van der Waals surface area contributed by atoms with Crippen molar-refractivity contribution in [1.29, 1.82) is 0 Å². The van der Waals surface area contributed by atoms with Gasteiger partial charge in [-0.25, -0.2) is 4.98 Å². The van der Waals surface area contributed by atoms with Crippen LogP contribution in [-0.2, 0) is 6.54 Å². The van der Waals surface area contributed by atoms with Crippen molar-refractivity contribution in [1.82, 2.24) is 9.97 Å². The number of hydrogen-bond donors (Lipinski definition) is 2. The number of anilines is 2. The number of fused-ring (bicyclic) bond motifs is 1. The minimum absolute atomic E-state index is 0.261. The molecule has 0 aliphatic heterocycles. The molecule has 3 N–H and O–H groups in total. The second-order valence-electron chi connectivity index (χ2n) is 4.31. The summed E-state index contributed by atoms with van der Waals surface area (Å²) in [5.41, 5.74) is 6.54. The van der Waals surface area contributed by atoms with Crippen molar-refractivity contribution in [3.63, 3.8) is 0 Å². The number of hydrogen-bond acceptors (Lipinski definition) is 5. The van der Waals surface area contributed by atoms with Gasteiger partial charge in [0.15, 0.2) is 0 Å². The van der Waals surface area contributed by atoms with Crippen LogP contribution < -0.4 is 11.1 Å². The molecule has 3 aromatic rings. The van der Waals surface area contributed by atoms with Gasteiger partial charge in [0.05, 0.1) is 12.1 Å². The van der Waals surface area contributed by atoms with Crippen molar-refractivity contribution in [2.24, 2.45) is 0 Å². The molecule has 2 aromatic heterocycles. The first-order valence-corrected chi connectivity index (χ1v) is 6.04. The second kappa shape index (κ2) is 4.61. The SMILES string of the molecule is Cc1ccc(CNc2nc(N)nc3ccccc23)o1. The van der Waals surface area contributed by atoms with Gasteiger partial charge >= 0.3 is 0 Å². The fourth-order valence-corrected chi connectivity index (χ4v) is 1.98. The van der Waals surface area contributed by atoms with Gasteiger partial charge in [-0.15, -0.1) is 0 Å². The Labute approximate surface area is 110 Å². The predicted octanol–water partition coefficient (Wildman–Crippen LogP) is 2.73. The van der Waals surface area contributed by atoms with Crippen LogP contribution >= 0.6 is 0 Å². The fraction of sp³-hybridized carbons (Fsp3) is 0.143. The number of nitrogen functional groups attached to an aromatic ring is 1. The molecule has 5 heteroatoms. The first kappa shape index (κ1) is 11.5. The van der Waals surface area contributed by atoms with E-state index in [0.29, 0.717) is 6.54 Å². The molecule has 0 radical (unpaired) electrons. The van der Waals surface area contributed by atoms with Gasteiger partial charge in [-0.3, -0.25) is 0 Å². The number of aromatic nitrogens is 2. The molecule has 0 unspecified atom stereocenters. The summed E-state index contributed by atoms with van der Waals surface area (Å²) in [6, 6.07) is 11.6. The quantitative estimate of drug-likeness (QED) is 0.751. The molecule has 0 saturated carbocycles. The molecule has 2 heterocycles. The summed E-state index contributed by atoms with van der Waals surface area (Å²) in [4.78, 5) is 8.44. The van der Waals surface area contributed by atoms with Crippen LogP contribution in [0.1, 0.15) is 11.5 Å². The van der Waals surface area contributed by atoms with Crippen molar-refractivity contribution in [3.05, 3.63) is 47.9 Å². The van der Waals surface area contributed by atoms with Gasteiger partial charge in [0, 0.05) is 5.39 Å². The van der Waals surface area contributed by atoms with E-state index < -0.39 is 0 Å². The number of aryl methyl sites for hydroxylation is 1. The highest BCUT2D eigenvalue weighted by Gasteiger charge is 2.06. The van der Waals surface area contributed by atoms with E-state index >= 15 is 0 Å². The molecule has 0 saturated heterocycles. The summed E-state index contributed by atoms with van der Waals surface area (Å²) in [5.74, 6) is 2.73. The van der Waals surface area contributed by atoms with Gasteiger partial charge < -0.3 is 15.5 Å². The Kier molecular flexibility index (Phi) is 2.79. The minimum Gasteiger partial charge on any atom is -0.465 e. The van der Waals surface area contributed by atoms with Gasteiger partial charge in [0.2, 0.25) is 5.95 Å². The summed E-state index contributed by atoms with van der Waals surface area (Å²) < 4.78 is 5.51. The van der Waals surface area contributed by atoms with Crippen LogP contribution in [0.25, 0.3) is 10.9 Å². The van der Waals surface area contributed by atoms with Crippen LogP contribution in [0.15, 0.2) is 40.8 Å². The van der Waals surface area contributed by atoms with Crippen molar-refractivity contribution >= 4 is 22.7 Å². The van der Waals surface area contributed by atoms with E-state index in [2.05, 4.69) is 15.3 Å². The third-order valence-electron chi connectivity index (χ3n) is 2.85. The van der Waals surface area contributed by atoms with Crippen LogP contribution in [0.5, 0.6) is 0 Å². The zero-order chi connectivity index (χ0) is 13.2. The van der Waals surface area contributed by atoms with E-state index in [1.807, 2.05) is 43.3 Å². The average molecular weight is 254 g/mol. The highest BCUT2D eigenvalue weighted by Crippen LogP contribution is 2.21. The zero-order valence-corrected chi connectivity index (χ0v) is 10.6. The van der Waals surface area contributed by atoms with E-state index in [1.165, 1.54) is 0 Å². The summed E-state index contributed by atoms with van der Waals surface area (Å²) in [6.45, 7) is 2.48. The zero-order valence-electron chi connectivity index (χ0n) is 10.6. The van der Waals surface area contributed by atoms with Gasteiger partial charge in [-0.05, 0) is 31.2 Å². The van der Waals surface area contributed by atoms with E-state index in [9.17, 15) is 0 Å². The summed E-state index contributed by atoms with van der Waals surface area (Å²) in [5, 5.41) is 4.18. The first-order valence-electron chi connectivity index (χ1n) is 6.04. The third-order valence-corrected chi connectivity index (χ3v) is 2.85. The Hall–Kier alpha value is -2.56. The maximum atomic E-state index is 5.71. The van der Waals surface area contributed by atoms with Crippen LogP contribution in [0.2, 0.25) is 0 Å². The Morgan fingerprint density at radius 3 is 2.79 bits per heavy atom.